The first-order valence-electron chi connectivity index (χ1n) is 5.25. The molecule has 0 radical (unpaired) electrons. The second-order valence-electron chi connectivity index (χ2n) is 3.63. The lowest BCUT2D eigenvalue weighted by Crippen LogP contribution is -2.33. The average molecular weight is 288 g/mol. The first-order chi connectivity index (χ1) is 7.56. The monoisotopic (exact) mass is 287 g/mol. The summed E-state index contributed by atoms with van der Waals surface area (Å²) in [5, 5.41) is 2.76. The van der Waals surface area contributed by atoms with Gasteiger partial charge in [0.2, 0.25) is 5.91 Å². The molecule has 0 aliphatic rings. The van der Waals surface area contributed by atoms with Gasteiger partial charge < -0.3 is 5.32 Å². The summed E-state index contributed by atoms with van der Waals surface area (Å²) in [4.78, 5) is 11.4. The summed E-state index contributed by atoms with van der Waals surface area (Å²) < 4.78 is 13.4. The van der Waals surface area contributed by atoms with Crippen molar-refractivity contribution in [2.75, 3.05) is 0 Å². The molecule has 0 saturated carbocycles. The molecule has 16 heavy (non-hydrogen) atoms. The Hall–Kier alpha value is -0.900. The molecular formula is C12H15BrFNO. The number of hydrogen-bond acceptors (Lipinski definition) is 1. The van der Waals surface area contributed by atoms with Gasteiger partial charge in [-0.05, 0) is 19.4 Å². The van der Waals surface area contributed by atoms with Crippen LogP contribution in [0.5, 0.6) is 0 Å². The molecule has 1 aromatic carbocycles. The zero-order valence-electron chi connectivity index (χ0n) is 9.34. The van der Waals surface area contributed by atoms with E-state index in [0.717, 1.165) is 0 Å². The third kappa shape index (κ3) is 3.30. The number of amides is 1. The summed E-state index contributed by atoms with van der Waals surface area (Å²) in [7, 11) is 0. The van der Waals surface area contributed by atoms with Gasteiger partial charge in [0.1, 0.15) is 5.82 Å². The van der Waals surface area contributed by atoms with Gasteiger partial charge in [0.15, 0.2) is 0 Å². The zero-order chi connectivity index (χ0) is 12.1. The topological polar surface area (TPSA) is 29.1 Å². The summed E-state index contributed by atoms with van der Waals surface area (Å²) in [5.74, 6) is -0.406. The number of carbonyl (C=O) groups is 1. The minimum absolute atomic E-state index is 0.113. The van der Waals surface area contributed by atoms with E-state index in [-0.39, 0.29) is 22.6 Å². The van der Waals surface area contributed by atoms with Gasteiger partial charge in [-0.15, -0.1) is 0 Å². The number of benzene rings is 1. The normalized spacial score (nSPS) is 14.2. The van der Waals surface area contributed by atoms with Crippen molar-refractivity contribution in [2.24, 2.45) is 0 Å². The van der Waals surface area contributed by atoms with Crippen LogP contribution in [-0.2, 0) is 4.79 Å². The third-order valence-corrected chi connectivity index (χ3v) is 3.44. The van der Waals surface area contributed by atoms with E-state index in [2.05, 4.69) is 21.2 Å². The molecule has 1 N–H and O–H groups in total. The number of nitrogens with one attached hydrogen (secondary N) is 1. The predicted octanol–water partition coefficient (Wildman–Crippen LogP) is 3.18. The van der Waals surface area contributed by atoms with E-state index in [1.54, 1.807) is 25.1 Å². The molecule has 0 aromatic heterocycles. The Kier molecular flexibility index (Phi) is 4.93. The smallest absolute Gasteiger partial charge is 0.234 e. The van der Waals surface area contributed by atoms with Gasteiger partial charge in [0, 0.05) is 5.56 Å². The largest absolute Gasteiger partial charge is 0.349 e. The van der Waals surface area contributed by atoms with Gasteiger partial charge in [-0.2, -0.15) is 0 Å². The van der Waals surface area contributed by atoms with Crippen LogP contribution in [0.15, 0.2) is 24.3 Å². The van der Waals surface area contributed by atoms with Gasteiger partial charge in [-0.1, -0.05) is 41.1 Å². The second kappa shape index (κ2) is 5.99. The van der Waals surface area contributed by atoms with Gasteiger partial charge in [0.05, 0.1) is 10.9 Å². The lowest BCUT2D eigenvalue weighted by Gasteiger charge is -2.16. The van der Waals surface area contributed by atoms with Crippen molar-refractivity contribution in [3.63, 3.8) is 0 Å². The molecule has 0 aliphatic carbocycles. The summed E-state index contributed by atoms with van der Waals surface area (Å²) >= 11 is 3.26. The highest BCUT2D eigenvalue weighted by atomic mass is 79.9. The maximum absolute atomic E-state index is 13.4. The maximum Gasteiger partial charge on any atom is 0.234 e. The van der Waals surface area contributed by atoms with Crippen molar-refractivity contribution < 1.29 is 9.18 Å². The van der Waals surface area contributed by atoms with E-state index < -0.39 is 0 Å². The Balaban J connectivity index is 2.69. The van der Waals surface area contributed by atoms with Gasteiger partial charge in [0.25, 0.3) is 0 Å². The predicted molar refractivity (Wildman–Crippen MR) is 66.0 cm³/mol. The first-order valence-corrected chi connectivity index (χ1v) is 6.16. The van der Waals surface area contributed by atoms with E-state index in [0.29, 0.717) is 12.0 Å². The molecule has 1 rings (SSSR count). The second-order valence-corrected chi connectivity index (χ2v) is 4.73. The lowest BCUT2D eigenvalue weighted by molar-refractivity contribution is -0.121. The molecule has 88 valence electrons. The minimum atomic E-state index is -0.319. The van der Waals surface area contributed by atoms with Gasteiger partial charge in [-0.3, -0.25) is 4.79 Å². The maximum atomic E-state index is 13.4. The molecule has 0 fully saturated rings. The van der Waals surface area contributed by atoms with Crippen molar-refractivity contribution in [3.8, 4) is 0 Å². The number of rotatable bonds is 4. The Morgan fingerprint density at radius 3 is 2.69 bits per heavy atom. The minimum Gasteiger partial charge on any atom is -0.349 e. The van der Waals surface area contributed by atoms with Crippen molar-refractivity contribution in [2.45, 2.75) is 31.1 Å². The number of carbonyl (C=O) groups excluding carboxylic acids is 1. The molecule has 1 aromatic rings. The third-order valence-electron chi connectivity index (χ3n) is 2.37. The molecule has 2 nitrogen and oxygen atoms in total. The summed E-state index contributed by atoms with van der Waals surface area (Å²) in [5.41, 5.74) is 0.506. The van der Waals surface area contributed by atoms with Crippen molar-refractivity contribution in [1.29, 1.82) is 0 Å². The molecule has 0 spiro atoms. The fourth-order valence-electron chi connectivity index (χ4n) is 1.39. The summed E-state index contributed by atoms with van der Waals surface area (Å²) in [6, 6.07) is 6.14. The standard InChI is InChI=1S/C12H15BrFNO/c1-3-10(13)12(16)15-8(2)9-6-4-5-7-11(9)14/h4-8,10H,3H2,1-2H3,(H,15,16)/t8-,10?/m1/s1. The van der Waals surface area contributed by atoms with Crippen LogP contribution < -0.4 is 5.32 Å². The van der Waals surface area contributed by atoms with Crippen molar-refractivity contribution in [3.05, 3.63) is 35.6 Å². The van der Waals surface area contributed by atoms with E-state index in [9.17, 15) is 9.18 Å². The molecule has 0 aliphatic heterocycles. The molecule has 0 heterocycles. The van der Waals surface area contributed by atoms with Gasteiger partial charge >= 0.3 is 0 Å². The average Bonchev–Trinajstić information content (AvgIpc) is 2.28. The van der Waals surface area contributed by atoms with E-state index in [1.807, 2.05) is 6.92 Å². The Morgan fingerprint density at radius 1 is 1.50 bits per heavy atom. The molecule has 2 atom stereocenters. The molecule has 1 unspecified atom stereocenters. The number of halogens is 2. The highest BCUT2D eigenvalue weighted by Crippen LogP contribution is 2.17. The van der Waals surface area contributed by atoms with Crippen LogP contribution in [0, 0.1) is 5.82 Å². The van der Waals surface area contributed by atoms with Crippen LogP contribution in [0.25, 0.3) is 0 Å². The first kappa shape index (κ1) is 13.2. The quantitative estimate of drug-likeness (QED) is 0.847. The highest BCUT2D eigenvalue weighted by Gasteiger charge is 2.17. The number of hydrogen-bond donors (Lipinski definition) is 1. The molecule has 4 heteroatoms. The van der Waals surface area contributed by atoms with Gasteiger partial charge in [-0.25, -0.2) is 4.39 Å². The summed E-state index contributed by atoms with van der Waals surface area (Å²) in [6.07, 6.45) is 0.704. The Morgan fingerprint density at radius 2 is 2.12 bits per heavy atom. The van der Waals surface area contributed by atoms with Crippen molar-refractivity contribution in [1.82, 2.24) is 5.32 Å². The van der Waals surface area contributed by atoms with Crippen LogP contribution >= 0.6 is 15.9 Å². The van der Waals surface area contributed by atoms with E-state index in [1.165, 1.54) is 6.07 Å². The Bertz CT molecular complexity index is 370. The highest BCUT2D eigenvalue weighted by molar-refractivity contribution is 9.10. The van der Waals surface area contributed by atoms with Crippen LogP contribution in [0.2, 0.25) is 0 Å². The molecule has 1 amide bonds. The SMILES string of the molecule is CCC(Br)C(=O)N[C@H](C)c1ccccc1F. The van der Waals surface area contributed by atoms with Crippen LogP contribution in [0.4, 0.5) is 4.39 Å². The zero-order valence-corrected chi connectivity index (χ0v) is 10.9. The van der Waals surface area contributed by atoms with E-state index in [4.69, 9.17) is 0 Å². The fraction of sp³-hybridized carbons (Fsp3) is 0.417. The fourth-order valence-corrected chi connectivity index (χ4v) is 1.53. The molecular weight excluding hydrogens is 273 g/mol. The Labute approximate surface area is 103 Å². The van der Waals surface area contributed by atoms with E-state index >= 15 is 0 Å². The lowest BCUT2D eigenvalue weighted by atomic mass is 10.1. The molecule has 0 saturated heterocycles. The van der Waals surface area contributed by atoms with Crippen LogP contribution in [0.1, 0.15) is 31.9 Å². The number of alkyl halides is 1. The van der Waals surface area contributed by atoms with Crippen LogP contribution in [0.3, 0.4) is 0 Å². The van der Waals surface area contributed by atoms with Crippen molar-refractivity contribution >= 4 is 21.8 Å². The molecule has 0 bridgehead atoms. The van der Waals surface area contributed by atoms with Crippen LogP contribution in [-0.4, -0.2) is 10.7 Å². The summed E-state index contributed by atoms with van der Waals surface area (Å²) in [6.45, 7) is 3.68.